The number of nitrogens with two attached hydrogens (primary N) is 2. The van der Waals surface area contributed by atoms with Crippen LogP contribution in [0.15, 0.2) is 17.0 Å². The van der Waals surface area contributed by atoms with Crippen LogP contribution in [0, 0.1) is 6.92 Å². The molecule has 0 atom stereocenters. The van der Waals surface area contributed by atoms with E-state index in [0.717, 1.165) is 0 Å². The van der Waals surface area contributed by atoms with E-state index in [1.54, 1.807) is 6.92 Å². The van der Waals surface area contributed by atoms with Gasteiger partial charge in [-0.3, -0.25) is 0 Å². The van der Waals surface area contributed by atoms with Crippen LogP contribution in [0.1, 0.15) is 5.56 Å². The molecule has 0 spiro atoms. The lowest BCUT2D eigenvalue weighted by atomic mass is 10.2. The molecule has 0 radical (unpaired) electrons. The number of nitrogen functional groups attached to an aromatic ring is 1. The van der Waals surface area contributed by atoms with Crippen LogP contribution in [0.3, 0.4) is 0 Å². The SMILES string of the molecule is Cc1c(N)cc(Cl)cc1S(N)(=O)=O. The molecule has 6 heteroatoms. The maximum absolute atomic E-state index is 11.0. The summed E-state index contributed by atoms with van der Waals surface area (Å²) in [6.07, 6.45) is 0. The van der Waals surface area contributed by atoms with Crippen LogP contribution >= 0.6 is 11.6 Å². The predicted molar refractivity (Wildman–Crippen MR) is 52.0 cm³/mol. The Balaban J connectivity index is 3.56. The number of rotatable bonds is 1. The molecule has 0 saturated carbocycles. The van der Waals surface area contributed by atoms with Gasteiger partial charge >= 0.3 is 0 Å². The highest BCUT2D eigenvalue weighted by atomic mass is 35.5. The largest absolute Gasteiger partial charge is 0.398 e. The second-order valence-corrected chi connectivity index (χ2v) is 4.63. The van der Waals surface area contributed by atoms with Gasteiger partial charge in [0.05, 0.1) is 4.90 Å². The maximum Gasteiger partial charge on any atom is 0.238 e. The lowest BCUT2D eigenvalue weighted by Crippen LogP contribution is -2.14. The van der Waals surface area contributed by atoms with Crippen molar-refractivity contribution in [3.8, 4) is 0 Å². The molecule has 4 N–H and O–H groups in total. The van der Waals surface area contributed by atoms with Crippen molar-refractivity contribution in [1.29, 1.82) is 0 Å². The van der Waals surface area contributed by atoms with Crippen LogP contribution in [0.2, 0.25) is 5.02 Å². The zero-order valence-electron chi connectivity index (χ0n) is 6.91. The Bertz CT molecular complexity index is 442. The van der Waals surface area contributed by atoms with Crippen molar-refractivity contribution in [3.05, 3.63) is 22.7 Å². The fourth-order valence-electron chi connectivity index (χ4n) is 0.970. The van der Waals surface area contributed by atoms with Crippen molar-refractivity contribution in [3.63, 3.8) is 0 Å². The molecule has 1 rings (SSSR count). The number of benzene rings is 1. The molecule has 0 bridgehead atoms. The Morgan fingerprint density at radius 1 is 1.38 bits per heavy atom. The molecule has 0 saturated heterocycles. The van der Waals surface area contributed by atoms with Crippen LogP contribution < -0.4 is 10.9 Å². The second kappa shape index (κ2) is 3.17. The molecule has 0 aliphatic heterocycles. The average molecular weight is 221 g/mol. The van der Waals surface area contributed by atoms with Crippen LogP contribution in [0.5, 0.6) is 0 Å². The van der Waals surface area contributed by atoms with E-state index < -0.39 is 10.0 Å². The molecule has 0 aliphatic rings. The number of hydrogen-bond donors (Lipinski definition) is 2. The summed E-state index contributed by atoms with van der Waals surface area (Å²) >= 11 is 5.63. The van der Waals surface area contributed by atoms with E-state index in [9.17, 15) is 8.42 Å². The minimum absolute atomic E-state index is 0.0301. The second-order valence-electron chi connectivity index (χ2n) is 2.66. The van der Waals surface area contributed by atoms with Crippen LogP contribution in [-0.4, -0.2) is 8.42 Å². The van der Waals surface area contributed by atoms with E-state index in [0.29, 0.717) is 11.3 Å². The van der Waals surface area contributed by atoms with Crippen molar-refractivity contribution < 1.29 is 8.42 Å². The highest BCUT2D eigenvalue weighted by molar-refractivity contribution is 7.89. The summed E-state index contributed by atoms with van der Waals surface area (Å²) in [6, 6.07) is 2.76. The lowest BCUT2D eigenvalue weighted by Gasteiger charge is -2.06. The van der Waals surface area contributed by atoms with Gasteiger partial charge in [-0.05, 0) is 24.6 Å². The Morgan fingerprint density at radius 3 is 2.38 bits per heavy atom. The molecule has 0 aliphatic carbocycles. The molecule has 1 aromatic rings. The first kappa shape index (κ1) is 10.3. The summed E-state index contributed by atoms with van der Waals surface area (Å²) in [5, 5.41) is 5.21. The van der Waals surface area contributed by atoms with E-state index in [1.807, 2.05) is 0 Å². The minimum atomic E-state index is -3.74. The van der Waals surface area contributed by atoms with Crippen molar-refractivity contribution in [2.24, 2.45) is 5.14 Å². The molecule has 0 fully saturated rings. The van der Waals surface area contributed by atoms with E-state index in [4.69, 9.17) is 22.5 Å². The lowest BCUT2D eigenvalue weighted by molar-refractivity contribution is 0.597. The molecule has 1 aromatic carbocycles. The van der Waals surface area contributed by atoms with Crippen molar-refractivity contribution >= 4 is 27.3 Å². The highest BCUT2D eigenvalue weighted by Gasteiger charge is 2.14. The number of halogens is 1. The zero-order valence-corrected chi connectivity index (χ0v) is 8.48. The third kappa shape index (κ3) is 2.12. The van der Waals surface area contributed by atoms with Gasteiger partial charge in [-0.25, -0.2) is 13.6 Å². The molecule has 4 nitrogen and oxygen atoms in total. The summed E-state index contributed by atoms with van der Waals surface area (Å²) < 4.78 is 22.0. The van der Waals surface area contributed by atoms with Gasteiger partial charge < -0.3 is 5.73 Å². The van der Waals surface area contributed by atoms with Gasteiger partial charge in [0.2, 0.25) is 10.0 Å². The molecule has 0 heterocycles. The van der Waals surface area contributed by atoms with Gasteiger partial charge in [0, 0.05) is 10.7 Å². The molecular formula is C7H9ClN2O2S. The number of primary sulfonamides is 1. The normalized spacial score (nSPS) is 11.6. The third-order valence-electron chi connectivity index (χ3n) is 1.67. The average Bonchev–Trinajstić information content (AvgIpc) is 1.94. The molecule has 13 heavy (non-hydrogen) atoms. The maximum atomic E-state index is 11.0. The first-order valence-corrected chi connectivity index (χ1v) is 5.33. The van der Waals surface area contributed by atoms with Gasteiger partial charge in [-0.2, -0.15) is 0 Å². The topological polar surface area (TPSA) is 86.2 Å². The fraction of sp³-hybridized carbons (Fsp3) is 0.143. The third-order valence-corrected chi connectivity index (χ3v) is 2.93. The first-order valence-electron chi connectivity index (χ1n) is 3.41. The Hall–Kier alpha value is -0.780. The van der Waals surface area contributed by atoms with E-state index >= 15 is 0 Å². The van der Waals surface area contributed by atoms with Crippen molar-refractivity contribution in [2.75, 3.05) is 5.73 Å². The Kier molecular flexibility index (Phi) is 2.51. The monoisotopic (exact) mass is 220 g/mol. The summed E-state index contributed by atoms with van der Waals surface area (Å²) in [4.78, 5) is -0.0301. The van der Waals surface area contributed by atoms with Crippen molar-refractivity contribution in [2.45, 2.75) is 11.8 Å². The minimum Gasteiger partial charge on any atom is -0.398 e. The van der Waals surface area contributed by atoms with Crippen LogP contribution in [0.25, 0.3) is 0 Å². The van der Waals surface area contributed by atoms with Gasteiger partial charge in [0.25, 0.3) is 0 Å². The van der Waals surface area contributed by atoms with Gasteiger partial charge in [0.15, 0.2) is 0 Å². The van der Waals surface area contributed by atoms with Crippen LogP contribution in [0.4, 0.5) is 5.69 Å². The zero-order chi connectivity index (χ0) is 10.2. The quantitative estimate of drug-likeness (QED) is 0.689. The Labute approximate surface area is 81.5 Å². The summed E-state index contributed by atoms with van der Waals surface area (Å²) in [5.41, 5.74) is 6.25. The van der Waals surface area contributed by atoms with E-state index in [2.05, 4.69) is 0 Å². The van der Waals surface area contributed by atoms with Gasteiger partial charge in [-0.15, -0.1) is 0 Å². The van der Waals surface area contributed by atoms with Crippen molar-refractivity contribution in [1.82, 2.24) is 0 Å². The molecule has 0 unspecified atom stereocenters. The standard InChI is InChI=1S/C7H9ClN2O2S/c1-4-6(9)2-5(8)3-7(4)13(10,11)12/h2-3H,9H2,1H3,(H2,10,11,12). The molecular weight excluding hydrogens is 212 g/mol. The smallest absolute Gasteiger partial charge is 0.238 e. The van der Waals surface area contributed by atoms with E-state index in [-0.39, 0.29) is 9.92 Å². The van der Waals surface area contributed by atoms with Crippen LogP contribution in [-0.2, 0) is 10.0 Å². The summed E-state index contributed by atoms with van der Waals surface area (Å²) in [7, 11) is -3.74. The Morgan fingerprint density at radius 2 is 1.92 bits per heavy atom. The highest BCUT2D eigenvalue weighted by Crippen LogP contribution is 2.24. The number of hydrogen-bond acceptors (Lipinski definition) is 3. The number of sulfonamides is 1. The van der Waals surface area contributed by atoms with Gasteiger partial charge in [0.1, 0.15) is 0 Å². The summed E-state index contributed by atoms with van der Waals surface area (Å²) in [6.45, 7) is 1.57. The molecule has 0 aromatic heterocycles. The molecule has 0 amide bonds. The summed E-state index contributed by atoms with van der Waals surface area (Å²) in [5.74, 6) is 0. The molecule has 72 valence electrons. The van der Waals surface area contributed by atoms with E-state index in [1.165, 1.54) is 12.1 Å². The fourth-order valence-corrected chi connectivity index (χ4v) is 2.10. The van der Waals surface area contributed by atoms with Gasteiger partial charge in [-0.1, -0.05) is 11.6 Å². The first-order chi connectivity index (χ1) is 5.82. The number of anilines is 1. The predicted octanol–water partition coefficient (Wildman–Crippen LogP) is 0.878.